The number of amides is 2. The second kappa shape index (κ2) is 8.53. The van der Waals surface area contributed by atoms with Gasteiger partial charge in [-0.3, -0.25) is 9.59 Å². The Labute approximate surface area is 182 Å². The number of fused-ring (bicyclic) bond motifs is 1. The Balaban J connectivity index is 1.59. The Morgan fingerprint density at radius 2 is 2.00 bits per heavy atom. The number of para-hydroxylation sites is 1. The van der Waals surface area contributed by atoms with Crippen LogP contribution in [0.5, 0.6) is 5.75 Å². The van der Waals surface area contributed by atoms with E-state index >= 15 is 0 Å². The lowest BCUT2D eigenvalue weighted by Crippen LogP contribution is -2.37. The molecule has 2 amide bonds. The molecule has 3 heterocycles. The zero-order chi connectivity index (χ0) is 22.1. The van der Waals surface area contributed by atoms with Crippen LogP contribution in [0, 0.1) is 6.92 Å². The Bertz CT molecular complexity index is 1010. The minimum atomic E-state index is -0.0507. The number of rotatable bonds is 4. The van der Waals surface area contributed by atoms with Crippen molar-refractivity contribution < 1.29 is 14.3 Å². The van der Waals surface area contributed by atoms with Crippen LogP contribution in [0.4, 0.5) is 5.82 Å². The number of hydrogen-bond acceptors (Lipinski definition) is 6. The van der Waals surface area contributed by atoms with Gasteiger partial charge in [-0.25, -0.2) is 9.97 Å². The molecule has 0 bridgehead atoms. The van der Waals surface area contributed by atoms with Crippen molar-refractivity contribution in [1.82, 2.24) is 19.8 Å². The van der Waals surface area contributed by atoms with Gasteiger partial charge < -0.3 is 19.9 Å². The number of methoxy groups -OCH3 is 1. The van der Waals surface area contributed by atoms with Crippen molar-refractivity contribution in [3.63, 3.8) is 0 Å². The molecule has 1 atom stereocenters. The standard InChI is InChI=1S/C23H29N5O3/c1-14-6-5-7-17(20(14)31-4)23(30)28-11-9-19-18(13-28)22(24-3)26-21(25-19)16-8-10-27(12-16)15(2)29/h5-7,16H,8-13H2,1-4H3,(H,24,25,26)/t16-/m0/s1. The molecule has 8 heteroatoms. The molecule has 0 saturated carbocycles. The van der Waals surface area contributed by atoms with Gasteiger partial charge in [-0.2, -0.15) is 0 Å². The zero-order valence-corrected chi connectivity index (χ0v) is 18.6. The second-order valence-corrected chi connectivity index (χ2v) is 8.19. The third-order valence-corrected chi connectivity index (χ3v) is 6.25. The summed E-state index contributed by atoms with van der Waals surface area (Å²) in [6, 6.07) is 5.62. The number of likely N-dealkylation sites (tertiary alicyclic amines) is 1. The molecule has 8 nitrogen and oxygen atoms in total. The molecule has 2 aromatic rings. The van der Waals surface area contributed by atoms with E-state index in [1.165, 1.54) is 0 Å². The first-order valence-electron chi connectivity index (χ1n) is 10.7. The maximum atomic E-state index is 13.3. The molecule has 1 N–H and O–H groups in total. The van der Waals surface area contributed by atoms with Gasteiger partial charge in [-0.1, -0.05) is 12.1 Å². The summed E-state index contributed by atoms with van der Waals surface area (Å²) < 4.78 is 5.49. The first kappa shape index (κ1) is 21.1. The molecule has 31 heavy (non-hydrogen) atoms. The molecule has 2 aliphatic rings. The lowest BCUT2D eigenvalue weighted by molar-refractivity contribution is -0.127. The fraction of sp³-hybridized carbons (Fsp3) is 0.478. The number of nitrogens with one attached hydrogen (secondary N) is 1. The molecular weight excluding hydrogens is 394 g/mol. The Kier molecular flexibility index (Phi) is 5.80. The third-order valence-electron chi connectivity index (χ3n) is 6.25. The summed E-state index contributed by atoms with van der Waals surface area (Å²) in [5, 5.41) is 3.19. The number of nitrogens with zero attached hydrogens (tertiary/aromatic N) is 4. The van der Waals surface area contributed by atoms with Crippen LogP contribution in [0.25, 0.3) is 0 Å². The predicted octanol–water partition coefficient (Wildman–Crippen LogP) is 2.37. The van der Waals surface area contributed by atoms with E-state index in [0.717, 1.165) is 41.4 Å². The van der Waals surface area contributed by atoms with Crippen molar-refractivity contribution in [3.05, 3.63) is 46.4 Å². The number of carbonyl (C=O) groups is 2. The van der Waals surface area contributed by atoms with Gasteiger partial charge in [0.15, 0.2) is 0 Å². The number of aromatic nitrogens is 2. The van der Waals surface area contributed by atoms with E-state index in [-0.39, 0.29) is 17.7 Å². The van der Waals surface area contributed by atoms with E-state index < -0.39 is 0 Å². The summed E-state index contributed by atoms with van der Waals surface area (Å²) in [7, 11) is 3.43. The summed E-state index contributed by atoms with van der Waals surface area (Å²) in [6.45, 7) is 5.99. The molecular formula is C23H29N5O3. The van der Waals surface area contributed by atoms with E-state index in [0.29, 0.717) is 37.4 Å². The number of hydrogen-bond donors (Lipinski definition) is 1. The molecule has 1 saturated heterocycles. The Hall–Kier alpha value is -3.16. The number of anilines is 1. The van der Waals surface area contributed by atoms with Gasteiger partial charge in [0.1, 0.15) is 17.4 Å². The molecule has 0 aliphatic carbocycles. The summed E-state index contributed by atoms with van der Waals surface area (Å²) in [5.41, 5.74) is 3.45. The molecule has 1 aromatic heterocycles. The predicted molar refractivity (Wildman–Crippen MR) is 117 cm³/mol. The quantitative estimate of drug-likeness (QED) is 0.812. The topological polar surface area (TPSA) is 87.7 Å². The molecule has 0 spiro atoms. The van der Waals surface area contributed by atoms with Gasteiger partial charge in [0.05, 0.1) is 24.9 Å². The van der Waals surface area contributed by atoms with Gasteiger partial charge in [-0.05, 0) is 25.0 Å². The van der Waals surface area contributed by atoms with E-state index in [9.17, 15) is 9.59 Å². The molecule has 1 fully saturated rings. The van der Waals surface area contributed by atoms with Crippen molar-refractivity contribution in [1.29, 1.82) is 0 Å². The van der Waals surface area contributed by atoms with E-state index in [1.54, 1.807) is 14.0 Å². The molecule has 2 aliphatic heterocycles. The van der Waals surface area contributed by atoms with Gasteiger partial charge >= 0.3 is 0 Å². The smallest absolute Gasteiger partial charge is 0.257 e. The summed E-state index contributed by atoms with van der Waals surface area (Å²) >= 11 is 0. The average molecular weight is 424 g/mol. The first-order chi connectivity index (χ1) is 14.9. The third kappa shape index (κ3) is 3.94. The Morgan fingerprint density at radius 1 is 1.19 bits per heavy atom. The second-order valence-electron chi connectivity index (χ2n) is 8.19. The average Bonchev–Trinajstić information content (AvgIpc) is 3.28. The fourth-order valence-corrected chi connectivity index (χ4v) is 4.52. The van der Waals surface area contributed by atoms with Crippen molar-refractivity contribution in [2.24, 2.45) is 0 Å². The maximum Gasteiger partial charge on any atom is 0.257 e. The number of ether oxygens (including phenoxy) is 1. The van der Waals surface area contributed by atoms with Gasteiger partial charge in [0.25, 0.3) is 5.91 Å². The van der Waals surface area contributed by atoms with Crippen LogP contribution in [0.2, 0.25) is 0 Å². The monoisotopic (exact) mass is 423 g/mol. The molecule has 164 valence electrons. The molecule has 1 aromatic carbocycles. The molecule has 0 radical (unpaired) electrons. The number of carbonyl (C=O) groups excluding carboxylic acids is 2. The highest BCUT2D eigenvalue weighted by atomic mass is 16.5. The molecule has 0 unspecified atom stereocenters. The lowest BCUT2D eigenvalue weighted by atomic mass is 10.0. The van der Waals surface area contributed by atoms with Crippen molar-refractivity contribution in [2.45, 2.75) is 39.2 Å². The normalized spacial score (nSPS) is 18.0. The fourth-order valence-electron chi connectivity index (χ4n) is 4.52. The highest BCUT2D eigenvalue weighted by molar-refractivity contribution is 5.97. The van der Waals surface area contributed by atoms with Crippen LogP contribution in [0.1, 0.15) is 52.3 Å². The summed E-state index contributed by atoms with van der Waals surface area (Å²) in [4.78, 5) is 38.3. The van der Waals surface area contributed by atoms with Crippen molar-refractivity contribution >= 4 is 17.6 Å². The van der Waals surface area contributed by atoms with Gasteiger partial charge in [-0.15, -0.1) is 0 Å². The maximum absolute atomic E-state index is 13.3. The van der Waals surface area contributed by atoms with E-state index in [2.05, 4.69) is 5.32 Å². The van der Waals surface area contributed by atoms with Crippen LogP contribution in [-0.2, 0) is 17.8 Å². The lowest BCUT2D eigenvalue weighted by Gasteiger charge is -2.30. The van der Waals surface area contributed by atoms with Crippen LogP contribution in [-0.4, -0.2) is 65.4 Å². The Morgan fingerprint density at radius 3 is 2.68 bits per heavy atom. The minimum absolute atomic E-state index is 0.0507. The van der Waals surface area contributed by atoms with Gasteiger partial charge in [0, 0.05) is 51.5 Å². The number of benzene rings is 1. The van der Waals surface area contributed by atoms with Gasteiger partial charge in [0.2, 0.25) is 5.91 Å². The van der Waals surface area contributed by atoms with Crippen molar-refractivity contribution in [3.8, 4) is 5.75 Å². The minimum Gasteiger partial charge on any atom is -0.496 e. The van der Waals surface area contributed by atoms with Crippen LogP contribution >= 0.6 is 0 Å². The van der Waals surface area contributed by atoms with Crippen LogP contribution in [0.3, 0.4) is 0 Å². The van der Waals surface area contributed by atoms with Crippen molar-refractivity contribution in [2.75, 3.05) is 39.1 Å². The summed E-state index contributed by atoms with van der Waals surface area (Å²) in [5.74, 6) is 2.36. The molecule has 4 rings (SSSR count). The summed E-state index contributed by atoms with van der Waals surface area (Å²) in [6.07, 6.45) is 1.54. The van der Waals surface area contributed by atoms with E-state index in [4.69, 9.17) is 14.7 Å². The highest BCUT2D eigenvalue weighted by Gasteiger charge is 2.31. The zero-order valence-electron chi connectivity index (χ0n) is 18.6. The number of aryl methyl sites for hydroxylation is 1. The highest BCUT2D eigenvalue weighted by Crippen LogP contribution is 2.31. The van der Waals surface area contributed by atoms with Crippen LogP contribution < -0.4 is 10.1 Å². The SMILES string of the molecule is CNc1nc([C@H]2CCN(C(C)=O)C2)nc2c1CN(C(=O)c1cccc(C)c1OC)CC2. The largest absolute Gasteiger partial charge is 0.496 e. The van der Waals surface area contributed by atoms with E-state index in [1.807, 2.05) is 42.0 Å². The first-order valence-corrected chi connectivity index (χ1v) is 10.7. The van der Waals surface area contributed by atoms with Crippen LogP contribution in [0.15, 0.2) is 18.2 Å².